The van der Waals surface area contributed by atoms with Crippen LogP contribution in [0.4, 0.5) is 0 Å². The summed E-state index contributed by atoms with van der Waals surface area (Å²) < 4.78 is 1.81. The molecule has 1 heterocycles. The van der Waals surface area contributed by atoms with Gasteiger partial charge in [0.2, 0.25) is 5.91 Å². The zero-order chi connectivity index (χ0) is 12.6. The van der Waals surface area contributed by atoms with Crippen molar-refractivity contribution in [2.24, 2.45) is 12.8 Å². The minimum Gasteiger partial charge on any atom is -0.348 e. The zero-order valence-electron chi connectivity index (χ0n) is 10.7. The molecule has 2 rings (SSSR count). The highest BCUT2D eigenvalue weighted by Gasteiger charge is 2.40. The highest BCUT2D eigenvalue weighted by molar-refractivity contribution is 5.87. The lowest BCUT2D eigenvalue weighted by molar-refractivity contribution is -0.129. The van der Waals surface area contributed by atoms with Crippen molar-refractivity contribution in [3.05, 3.63) is 17.5 Å². The van der Waals surface area contributed by atoms with Crippen LogP contribution in [0.25, 0.3) is 0 Å². The van der Waals surface area contributed by atoms with E-state index in [1.807, 2.05) is 20.9 Å². The van der Waals surface area contributed by atoms with Crippen LogP contribution in [0.2, 0.25) is 0 Å². The highest BCUT2D eigenvalue weighted by Crippen LogP contribution is 2.30. The predicted molar refractivity (Wildman–Crippen MR) is 65.3 cm³/mol. The van der Waals surface area contributed by atoms with Gasteiger partial charge in [-0.05, 0) is 33.1 Å². The number of nitrogens with zero attached hydrogens (tertiary/aromatic N) is 2. The van der Waals surface area contributed by atoms with Crippen molar-refractivity contribution in [1.82, 2.24) is 15.1 Å². The molecule has 17 heavy (non-hydrogen) atoms. The Morgan fingerprint density at radius 2 is 2.29 bits per heavy atom. The Morgan fingerprint density at radius 3 is 2.71 bits per heavy atom. The Balaban J connectivity index is 2.04. The summed E-state index contributed by atoms with van der Waals surface area (Å²) in [6.45, 7) is 3.95. The van der Waals surface area contributed by atoms with Crippen molar-refractivity contribution in [3.8, 4) is 0 Å². The van der Waals surface area contributed by atoms with Gasteiger partial charge in [-0.1, -0.05) is 0 Å². The number of carbonyl (C=O) groups is 1. The van der Waals surface area contributed by atoms with Crippen LogP contribution in [-0.4, -0.2) is 21.2 Å². The maximum Gasteiger partial charge on any atom is 0.240 e. The average Bonchev–Trinajstić information content (AvgIpc) is 2.56. The number of aryl methyl sites for hydroxylation is 1. The largest absolute Gasteiger partial charge is 0.348 e. The van der Waals surface area contributed by atoms with Gasteiger partial charge in [0.15, 0.2) is 0 Å². The molecule has 1 fully saturated rings. The first kappa shape index (κ1) is 12.1. The third kappa shape index (κ3) is 2.07. The molecule has 0 aliphatic heterocycles. The number of rotatable bonds is 3. The Bertz CT molecular complexity index is 434. The molecule has 1 aliphatic rings. The van der Waals surface area contributed by atoms with Crippen molar-refractivity contribution >= 4 is 5.91 Å². The third-order valence-corrected chi connectivity index (χ3v) is 3.79. The van der Waals surface area contributed by atoms with E-state index >= 15 is 0 Å². The first-order valence-electron chi connectivity index (χ1n) is 6.02. The molecular weight excluding hydrogens is 216 g/mol. The van der Waals surface area contributed by atoms with Crippen molar-refractivity contribution < 1.29 is 4.79 Å². The summed E-state index contributed by atoms with van der Waals surface area (Å²) in [6.07, 6.45) is 4.42. The van der Waals surface area contributed by atoms with Crippen molar-refractivity contribution in [2.75, 3.05) is 0 Å². The van der Waals surface area contributed by atoms with Gasteiger partial charge in [0, 0.05) is 18.3 Å². The maximum absolute atomic E-state index is 12.0. The normalized spacial score (nSPS) is 19.5. The Hall–Kier alpha value is -1.36. The zero-order valence-corrected chi connectivity index (χ0v) is 10.7. The summed E-state index contributed by atoms with van der Waals surface area (Å²) >= 11 is 0. The fourth-order valence-electron chi connectivity index (χ4n) is 2.14. The minimum absolute atomic E-state index is 0.0421. The highest BCUT2D eigenvalue weighted by atomic mass is 16.2. The van der Waals surface area contributed by atoms with Crippen LogP contribution in [0.15, 0.2) is 6.20 Å². The minimum atomic E-state index is -0.635. The van der Waals surface area contributed by atoms with Gasteiger partial charge in [-0.2, -0.15) is 5.10 Å². The van der Waals surface area contributed by atoms with Crippen LogP contribution in [0.5, 0.6) is 0 Å². The monoisotopic (exact) mass is 236 g/mol. The summed E-state index contributed by atoms with van der Waals surface area (Å²) in [7, 11) is 1.89. The molecule has 1 aromatic heterocycles. The molecule has 94 valence electrons. The van der Waals surface area contributed by atoms with E-state index in [0.29, 0.717) is 0 Å². The second kappa shape index (κ2) is 4.14. The van der Waals surface area contributed by atoms with Gasteiger partial charge in [-0.25, -0.2) is 0 Å². The van der Waals surface area contributed by atoms with Gasteiger partial charge in [0.1, 0.15) is 0 Å². The van der Waals surface area contributed by atoms with Crippen molar-refractivity contribution in [1.29, 1.82) is 0 Å². The maximum atomic E-state index is 12.0. The van der Waals surface area contributed by atoms with Crippen LogP contribution in [0, 0.1) is 6.92 Å². The number of carbonyl (C=O) groups excluding carboxylic acids is 1. The molecule has 1 aliphatic carbocycles. The first-order valence-corrected chi connectivity index (χ1v) is 6.02. The molecule has 1 unspecified atom stereocenters. The molecule has 0 radical (unpaired) electrons. The van der Waals surface area contributed by atoms with E-state index in [1.165, 1.54) is 0 Å². The molecule has 0 spiro atoms. The predicted octanol–water partition coefficient (Wildman–Crippen LogP) is 0.787. The van der Waals surface area contributed by atoms with Crippen LogP contribution < -0.4 is 11.1 Å². The number of nitrogens with two attached hydrogens (primary N) is 1. The molecular formula is C12H20N4O. The Labute approximate surface area is 101 Å². The number of amides is 1. The lowest BCUT2D eigenvalue weighted by Crippen LogP contribution is -2.58. The van der Waals surface area contributed by atoms with E-state index in [0.717, 1.165) is 30.5 Å². The fraction of sp³-hybridized carbons (Fsp3) is 0.667. The molecule has 0 aromatic carbocycles. The lowest BCUT2D eigenvalue weighted by atomic mass is 9.77. The number of hydrogen-bond acceptors (Lipinski definition) is 3. The summed E-state index contributed by atoms with van der Waals surface area (Å²) in [4.78, 5) is 12.0. The van der Waals surface area contributed by atoms with E-state index in [9.17, 15) is 4.79 Å². The smallest absolute Gasteiger partial charge is 0.240 e. The van der Waals surface area contributed by atoms with Gasteiger partial charge >= 0.3 is 0 Å². The average molecular weight is 236 g/mol. The van der Waals surface area contributed by atoms with Gasteiger partial charge in [-0.3, -0.25) is 9.48 Å². The molecule has 5 heteroatoms. The number of hydrogen-bond donors (Lipinski definition) is 2. The van der Waals surface area contributed by atoms with Gasteiger partial charge in [0.05, 0.1) is 17.8 Å². The van der Waals surface area contributed by atoms with Crippen LogP contribution in [0.1, 0.15) is 43.5 Å². The standard InChI is InChI=1S/C12H20N4O/c1-8(10-7-14-16(3)9(10)2)15-11(17)12(13)5-4-6-12/h7-8H,4-6,13H2,1-3H3,(H,15,17). The summed E-state index contributed by atoms with van der Waals surface area (Å²) in [5.41, 5.74) is 7.46. The van der Waals surface area contributed by atoms with Gasteiger partial charge in [-0.15, -0.1) is 0 Å². The number of aromatic nitrogens is 2. The number of nitrogens with one attached hydrogen (secondary N) is 1. The molecule has 1 atom stereocenters. The van der Waals surface area contributed by atoms with E-state index in [1.54, 1.807) is 10.9 Å². The molecule has 1 saturated carbocycles. The fourth-order valence-corrected chi connectivity index (χ4v) is 2.14. The quantitative estimate of drug-likeness (QED) is 0.814. The molecule has 0 saturated heterocycles. The first-order chi connectivity index (χ1) is 7.94. The van der Waals surface area contributed by atoms with Crippen molar-refractivity contribution in [3.63, 3.8) is 0 Å². The van der Waals surface area contributed by atoms with Gasteiger partial charge in [0.25, 0.3) is 0 Å². The van der Waals surface area contributed by atoms with Crippen molar-refractivity contribution in [2.45, 2.75) is 44.7 Å². The van der Waals surface area contributed by atoms with E-state index < -0.39 is 5.54 Å². The molecule has 1 aromatic rings. The van der Waals surface area contributed by atoms with E-state index in [-0.39, 0.29) is 11.9 Å². The molecule has 5 nitrogen and oxygen atoms in total. The lowest BCUT2D eigenvalue weighted by Gasteiger charge is -2.37. The third-order valence-electron chi connectivity index (χ3n) is 3.79. The second-order valence-electron chi connectivity index (χ2n) is 5.01. The Kier molecular flexibility index (Phi) is 2.95. The van der Waals surface area contributed by atoms with E-state index in [4.69, 9.17) is 5.73 Å². The van der Waals surface area contributed by atoms with Gasteiger partial charge < -0.3 is 11.1 Å². The second-order valence-corrected chi connectivity index (χ2v) is 5.01. The summed E-state index contributed by atoms with van der Waals surface area (Å²) in [5, 5.41) is 7.15. The van der Waals surface area contributed by atoms with Crippen LogP contribution in [-0.2, 0) is 11.8 Å². The van der Waals surface area contributed by atoms with E-state index in [2.05, 4.69) is 10.4 Å². The van der Waals surface area contributed by atoms with Crippen LogP contribution >= 0.6 is 0 Å². The SMILES string of the molecule is Cc1c(C(C)NC(=O)C2(N)CCC2)cnn1C. The van der Waals surface area contributed by atoms with Crippen LogP contribution in [0.3, 0.4) is 0 Å². The molecule has 1 amide bonds. The topological polar surface area (TPSA) is 72.9 Å². The molecule has 3 N–H and O–H groups in total. The Morgan fingerprint density at radius 1 is 1.65 bits per heavy atom. The summed E-state index contributed by atoms with van der Waals surface area (Å²) in [6, 6.07) is -0.0442. The summed E-state index contributed by atoms with van der Waals surface area (Å²) in [5.74, 6) is -0.0421. The molecule has 0 bridgehead atoms.